The summed E-state index contributed by atoms with van der Waals surface area (Å²) in [7, 11) is 0. The van der Waals surface area contributed by atoms with E-state index in [0.29, 0.717) is 24.4 Å². The van der Waals surface area contributed by atoms with Crippen LogP contribution < -0.4 is 4.90 Å². The van der Waals surface area contributed by atoms with Crippen LogP contribution in [0.15, 0.2) is 41.8 Å². The van der Waals surface area contributed by atoms with Crippen molar-refractivity contribution in [3.8, 4) is 0 Å². The fourth-order valence-corrected chi connectivity index (χ4v) is 2.38. The summed E-state index contributed by atoms with van der Waals surface area (Å²) in [5, 5.41) is 12.4. The second-order valence-corrected chi connectivity index (χ2v) is 4.81. The molecule has 1 aromatic heterocycles. The van der Waals surface area contributed by atoms with E-state index in [4.69, 9.17) is 5.21 Å². The Balaban J connectivity index is 2.00. The highest BCUT2D eigenvalue weighted by molar-refractivity contribution is 6.14. The number of carbonyl (C=O) groups excluding carboxylic acids is 1. The smallest absolute Gasteiger partial charge is 0.278 e. The van der Waals surface area contributed by atoms with Crippen molar-refractivity contribution in [2.45, 2.75) is 13.3 Å². The van der Waals surface area contributed by atoms with Gasteiger partial charge in [-0.25, -0.2) is 4.98 Å². The average Bonchev–Trinajstić information content (AvgIpc) is 2.54. The average molecular weight is 282 g/mol. The maximum atomic E-state index is 12.6. The van der Waals surface area contributed by atoms with Gasteiger partial charge >= 0.3 is 0 Å². The van der Waals surface area contributed by atoms with E-state index in [1.54, 1.807) is 11.1 Å². The molecule has 0 bridgehead atoms. The van der Waals surface area contributed by atoms with Gasteiger partial charge in [-0.15, -0.1) is 0 Å². The monoisotopic (exact) mass is 282 g/mol. The van der Waals surface area contributed by atoms with Crippen LogP contribution in [-0.2, 0) is 0 Å². The number of para-hydroxylation sites is 1. The lowest BCUT2D eigenvalue weighted by molar-refractivity contribution is 0.0981. The van der Waals surface area contributed by atoms with E-state index in [1.165, 1.54) is 6.20 Å². The first-order valence-corrected chi connectivity index (χ1v) is 6.61. The van der Waals surface area contributed by atoms with Crippen LogP contribution in [-0.4, -0.2) is 33.3 Å². The normalized spacial score (nSPS) is 15.9. The second kappa shape index (κ2) is 5.32. The summed E-state index contributed by atoms with van der Waals surface area (Å²) in [5.41, 5.74) is 3.15. The number of carbonyl (C=O) groups is 1. The number of benzene rings is 1. The minimum absolute atomic E-state index is 0.202. The Labute approximate surface area is 121 Å². The Morgan fingerprint density at radius 3 is 2.81 bits per heavy atom. The Bertz CT molecular complexity index is 710. The van der Waals surface area contributed by atoms with Crippen molar-refractivity contribution in [3.63, 3.8) is 0 Å². The van der Waals surface area contributed by atoms with Crippen LogP contribution in [0.5, 0.6) is 0 Å². The zero-order valence-corrected chi connectivity index (χ0v) is 11.5. The fraction of sp³-hybridized carbons (Fsp3) is 0.200. The first-order valence-electron chi connectivity index (χ1n) is 6.61. The molecule has 1 aromatic carbocycles. The van der Waals surface area contributed by atoms with Gasteiger partial charge in [0.15, 0.2) is 0 Å². The van der Waals surface area contributed by atoms with Crippen molar-refractivity contribution < 1.29 is 10.0 Å². The van der Waals surface area contributed by atoms with Gasteiger partial charge < -0.3 is 10.1 Å². The lowest BCUT2D eigenvalue weighted by Crippen LogP contribution is -2.38. The molecular weight excluding hydrogens is 268 g/mol. The number of oxime groups is 1. The summed E-state index contributed by atoms with van der Waals surface area (Å²) in [6.45, 7) is 2.27. The van der Waals surface area contributed by atoms with Gasteiger partial charge in [0.1, 0.15) is 5.69 Å². The number of aryl methyl sites for hydroxylation is 1. The van der Waals surface area contributed by atoms with E-state index in [0.717, 1.165) is 16.9 Å². The van der Waals surface area contributed by atoms with Crippen molar-refractivity contribution in [2.75, 3.05) is 11.4 Å². The number of nitrogens with zero attached hydrogens (tertiary/aromatic N) is 4. The predicted octanol–water partition coefficient (Wildman–Crippen LogP) is 2.01. The summed E-state index contributed by atoms with van der Waals surface area (Å²) < 4.78 is 0. The van der Waals surface area contributed by atoms with E-state index < -0.39 is 0 Å². The molecule has 0 spiro atoms. The van der Waals surface area contributed by atoms with Crippen LogP contribution in [0.3, 0.4) is 0 Å². The van der Waals surface area contributed by atoms with Gasteiger partial charge in [0.25, 0.3) is 5.91 Å². The fourth-order valence-electron chi connectivity index (χ4n) is 2.38. The van der Waals surface area contributed by atoms with Crippen LogP contribution >= 0.6 is 0 Å². The van der Waals surface area contributed by atoms with Gasteiger partial charge in [-0.1, -0.05) is 23.4 Å². The van der Waals surface area contributed by atoms with Gasteiger partial charge in [-0.2, -0.15) is 0 Å². The Morgan fingerprint density at radius 2 is 2.10 bits per heavy atom. The van der Waals surface area contributed by atoms with Crippen LogP contribution in [0.2, 0.25) is 0 Å². The molecule has 1 aliphatic heterocycles. The second-order valence-electron chi connectivity index (χ2n) is 4.81. The molecule has 0 unspecified atom stereocenters. The quantitative estimate of drug-likeness (QED) is 0.641. The molecule has 1 amide bonds. The van der Waals surface area contributed by atoms with Crippen molar-refractivity contribution >= 4 is 17.3 Å². The number of hydrogen-bond donors (Lipinski definition) is 1. The largest absolute Gasteiger partial charge is 0.411 e. The Kier molecular flexibility index (Phi) is 3.35. The maximum absolute atomic E-state index is 12.6. The molecule has 2 aromatic rings. The number of hydrogen-bond acceptors (Lipinski definition) is 5. The Hall–Kier alpha value is -2.76. The third-order valence-corrected chi connectivity index (χ3v) is 3.44. The van der Waals surface area contributed by atoms with Crippen LogP contribution in [0.25, 0.3) is 0 Å². The van der Waals surface area contributed by atoms with Gasteiger partial charge in [0.05, 0.1) is 23.3 Å². The predicted molar refractivity (Wildman–Crippen MR) is 77.8 cm³/mol. The third-order valence-electron chi connectivity index (χ3n) is 3.44. The number of anilines is 1. The lowest BCUT2D eigenvalue weighted by Gasteiger charge is -2.29. The molecule has 1 aliphatic rings. The number of amides is 1. The van der Waals surface area contributed by atoms with Crippen molar-refractivity contribution in [1.29, 1.82) is 0 Å². The molecule has 2 heterocycles. The molecule has 6 nitrogen and oxygen atoms in total. The van der Waals surface area contributed by atoms with E-state index in [2.05, 4.69) is 15.1 Å². The molecule has 3 rings (SSSR count). The lowest BCUT2D eigenvalue weighted by atomic mass is 9.99. The molecule has 0 atom stereocenters. The number of aromatic nitrogens is 2. The van der Waals surface area contributed by atoms with Crippen LogP contribution in [0, 0.1) is 6.92 Å². The van der Waals surface area contributed by atoms with E-state index in [9.17, 15) is 4.79 Å². The molecule has 1 N–H and O–H groups in total. The SMILES string of the molecule is Cc1cnc(C(=O)N2CC/C(=N/O)c3ccccc32)cn1. The molecule has 106 valence electrons. The molecule has 0 aliphatic carbocycles. The van der Waals surface area contributed by atoms with Gasteiger partial charge in [0, 0.05) is 24.7 Å². The minimum Gasteiger partial charge on any atom is -0.411 e. The molecule has 6 heteroatoms. The molecule has 0 radical (unpaired) electrons. The van der Waals surface area contributed by atoms with Crippen LogP contribution in [0.4, 0.5) is 5.69 Å². The van der Waals surface area contributed by atoms with Crippen molar-refractivity contribution in [2.24, 2.45) is 5.16 Å². The Morgan fingerprint density at radius 1 is 1.29 bits per heavy atom. The first kappa shape index (κ1) is 13.2. The summed E-state index contributed by atoms with van der Waals surface area (Å²) in [4.78, 5) is 22.5. The van der Waals surface area contributed by atoms with Crippen molar-refractivity contribution in [1.82, 2.24) is 9.97 Å². The van der Waals surface area contributed by atoms with Crippen LogP contribution in [0.1, 0.15) is 28.2 Å². The topological polar surface area (TPSA) is 78.7 Å². The summed E-state index contributed by atoms with van der Waals surface area (Å²) in [6.07, 6.45) is 3.55. The maximum Gasteiger partial charge on any atom is 0.278 e. The van der Waals surface area contributed by atoms with Gasteiger partial charge in [0.2, 0.25) is 0 Å². The highest BCUT2D eigenvalue weighted by Gasteiger charge is 2.27. The number of fused-ring (bicyclic) bond motifs is 1. The van der Waals surface area contributed by atoms with Crippen molar-refractivity contribution in [3.05, 3.63) is 53.6 Å². The number of rotatable bonds is 1. The molecule has 0 saturated heterocycles. The molecule has 0 saturated carbocycles. The van der Waals surface area contributed by atoms with Gasteiger partial charge in [-0.3, -0.25) is 9.78 Å². The minimum atomic E-state index is -0.202. The summed E-state index contributed by atoms with van der Waals surface area (Å²) in [5.74, 6) is -0.202. The first-order chi connectivity index (χ1) is 10.2. The molecular formula is C15H14N4O2. The summed E-state index contributed by atoms with van der Waals surface area (Å²) >= 11 is 0. The molecule has 0 fully saturated rings. The third kappa shape index (κ3) is 2.35. The van der Waals surface area contributed by atoms with E-state index in [-0.39, 0.29) is 5.91 Å². The van der Waals surface area contributed by atoms with Gasteiger partial charge in [-0.05, 0) is 13.0 Å². The van der Waals surface area contributed by atoms with E-state index in [1.807, 2.05) is 31.2 Å². The standard InChI is InChI=1S/C15H14N4O2/c1-10-8-17-13(9-16-10)15(20)19-7-6-12(18-21)11-4-2-3-5-14(11)19/h2-5,8-9,21H,6-7H2,1H3/b18-12-. The highest BCUT2D eigenvalue weighted by atomic mass is 16.4. The zero-order valence-electron chi connectivity index (χ0n) is 11.5. The summed E-state index contributed by atoms with van der Waals surface area (Å²) in [6, 6.07) is 7.37. The van der Waals surface area contributed by atoms with E-state index >= 15 is 0 Å². The molecule has 21 heavy (non-hydrogen) atoms. The highest BCUT2D eigenvalue weighted by Crippen LogP contribution is 2.28. The zero-order chi connectivity index (χ0) is 14.8.